The first-order valence-electron chi connectivity index (χ1n) is 9.78. The number of hydrogen-bond acceptors (Lipinski definition) is 6. The van der Waals surface area contributed by atoms with Gasteiger partial charge in [-0.05, 0) is 49.2 Å². The van der Waals surface area contributed by atoms with Crippen LogP contribution in [0.2, 0.25) is 0 Å². The van der Waals surface area contributed by atoms with Gasteiger partial charge in [-0.2, -0.15) is 0 Å². The molecule has 30 heavy (non-hydrogen) atoms. The van der Waals surface area contributed by atoms with Gasteiger partial charge in [0.1, 0.15) is 11.6 Å². The Bertz CT molecular complexity index is 1070. The summed E-state index contributed by atoms with van der Waals surface area (Å²) in [5.74, 6) is 2.69. The van der Waals surface area contributed by atoms with Crippen molar-refractivity contribution in [3.63, 3.8) is 0 Å². The molecule has 0 radical (unpaired) electrons. The van der Waals surface area contributed by atoms with Crippen LogP contribution in [0.15, 0.2) is 48.7 Å². The predicted molar refractivity (Wildman–Crippen MR) is 115 cm³/mol. The van der Waals surface area contributed by atoms with Gasteiger partial charge in [-0.15, -0.1) is 0 Å². The lowest BCUT2D eigenvalue weighted by Gasteiger charge is -2.31. The van der Waals surface area contributed by atoms with Crippen molar-refractivity contribution in [2.45, 2.75) is 19.9 Å². The number of hydrogen-bond donors (Lipinski definition) is 1. The molecule has 0 unspecified atom stereocenters. The quantitative estimate of drug-likeness (QED) is 0.700. The Morgan fingerprint density at radius 3 is 2.67 bits per heavy atom. The number of aromatic nitrogens is 2. The number of aryl methyl sites for hydroxylation is 1. The van der Waals surface area contributed by atoms with Crippen molar-refractivity contribution in [3.8, 4) is 11.5 Å². The second kappa shape index (κ2) is 8.41. The molecule has 0 fully saturated rings. The molecular weight excluding hydrogens is 380 g/mol. The third-order valence-electron chi connectivity index (χ3n) is 5.20. The maximum atomic E-state index is 12.5. The van der Waals surface area contributed by atoms with Crippen LogP contribution in [0.4, 0.5) is 11.6 Å². The standard InChI is InChI=1S/C23H24N4O3/c1-15-5-4-6-20(25-15)26-23(28)16-8-10-21(24-13-16)27-12-11-18-17(14-27)7-9-19(29-2)22(18)30-3/h4-10,13H,11-12,14H2,1-3H3,(H,25,26,28). The summed E-state index contributed by atoms with van der Waals surface area (Å²) in [6, 6.07) is 13.2. The first-order valence-corrected chi connectivity index (χ1v) is 9.78. The van der Waals surface area contributed by atoms with E-state index in [0.717, 1.165) is 42.5 Å². The summed E-state index contributed by atoms with van der Waals surface area (Å²) in [7, 11) is 3.32. The summed E-state index contributed by atoms with van der Waals surface area (Å²) in [4.78, 5) is 23.5. The first kappa shape index (κ1) is 19.7. The Morgan fingerprint density at radius 2 is 1.97 bits per heavy atom. The second-order valence-corrected chi connectivity index (χ2v) is 7.13. The number of ether oxygens (including phenoxy) is 2. The van der Waals surface area contributed by atoms with Gasteiger partial charge in [0.05, 0.1) is 19.8 Å². The number of benzene rings is 1. The minimum atomic E-state index is -0.229. The van der Waals surface area contributed by atoms with Crippen molar-refractivity contribution in [1.82, 2.24) is 9.97 Å². The normalized spacial score (nSPS) is 12.8. The fourth-order valence-corrected chi connectivity index (χ4v) is 3.69. The average Bonchev–Trinajstić information content (AvgIpc) is 2.78. The fourth-order valence-electron chi connectivity index (χ4n) is 3.69. The number of anilines is 2. The number of nitrogens with one attached hydrogen (secondary N) is 1. The Kier molecular flexibility index (Phi) is 5.52. The van der Waals surface area contributed by atoms with Crippen LogP contribution in [-0.4, -0.2) is 36.6 Å². The fraction of sp³-hybridized carbons (Fsp3) is 0.261. The highest BCUT2D eigenvalue weighted by atomic mass is 16.5. The monoisotopic (exact) mass is 404 g/mol. The summed E-state index contributed by atoms with van der Waals surface area (Å²) < 4.78 is 11.0. The van der Waals surface area contributed by atoms with Crippen molar-refractivity contribution in [2.75, 3.05) is 31.0 Å². The van der Waals surface area contributed by atoms with Crippen LogP contribution in [-0.2, 0) is 13.0 Å². The molecule has 1 aliphatic rings. The van der Waals surface area contributed by atoms with Crippen LogP contribution in [0.3, 0.4) is 0 Å². The highest BCUT2D eigenvalue weighted by Crippen LogP contribution is 2.37. The van der Waals surface area contributed by atoms with E-state index in [1.165, 1.54) is 11.1 Å². The molecule has 1 amide bonds. The van der Waals surface area contributed by atoms with Crippen molar-refractivity contribution >= 4 is 17.5 Å². The minimum Gasteiger partial charge on any atom is -0.493 e. The zero-order chi connectivity index (χ0) is 21.1. The molecule has 1 aliphatic heterocycles. The van der Waals surface area contributed by atoms with E-state index in [2.05, 4.69) is 26.3 Å². The number of carbonyl (C=O) groups excluding carboxylic acids is 1. The van der Waals surface area contributed by atoms with Gasteiger partial charge in [-0.1, -0.05) is 12.1 Å². The van der Waals surface area contributed by atoms with Gasteiger partial charge >= 0.3 is 0 Å². The van der Waals surface area contributed by atoms with Gasteiger partial charge in [-0.3, -0.25) is 4.79 Å². The Hall–Kier alpha value is -3.61. The van der Waals surface area contributed by atoms with Crippen molar-refractivity contribution in [2.24, 2.45) is 0 Å². The van der Waals surface area contributed by atoms with E-state index >= 15 is 0 Å². The number of methoxy groups -OCH3 is 2. The third-order valence-corrected chi connectivity index (χ3v) is 5.20. The number of carbonyl (C=O) groups is 1. The van der Waals surface area contributed by atoms with Gasteiger partial charge in [0.2, 0.25) is 0 Å². The lowest BCUT2D eigenvalue weighted by molar-refractivity contribution is 0.102. The molecule has 2 aromatic heterocycles. The molecule has 3 aromatic rings. The minimum absolute atomic E-state index is 0.229. The Morgan fingerprint density at radius 1 is 1.10 bits per heavy atom. The maximum Gasteiger partial charge on any atom is 0.258 e. The van der Waals surface area contributed by atoms with Crippen LogP contribution in [0.1, 0.15) is 27.2 Å². The van der Waals surface area contributed by atoms with Crippen molar-refractivity contribution in [3.05, 3.63) is 71.0 Å². The first-order chi connectivity index (χ1) is 14.6. The molecule has 0 saturated carbocycles. The third kappa shape index (κ3) is 3.91. The van der Waals surface area contributed by atoms with Gasteiger partial charge in [0.25, 0.3) is 5.91 Å². The highest BCUT2D eigenvalue weighted by molar-refractivity contribution is 6.03. The zero-order valence-electron chi connectivity index (χ0n) is 17.3. The molecule has 0 bridgehead atoms. The second-order valence-electron chi connectivity index (χ2n) is 7.13. The van der Waals surface area contributed by atoms with E-state index in [1.54, 1.807) is 32.5 Å². The van der Waals surface area contributed by atoms with E-state index in [1.807, 2.05) is 31.2 Å². The molecule has 0 aliphatic carbocycles. The van der Waals surface area contributed by atoms with Gasteiger partial charge in [-0.25, -0.2) is 9.97 Å². The number of amides is 1. The topological polar surface area (TPSA) is 76.6 Å². The van der Waals surface area contributed by atoms with Crippen LogP contribution in [0, 0.1) is 6.92 Å². The lowest BCUT2D eigenvalue weighted by atomic mass is 9.98. The van der Waals surface area contributed by atoms with Crippen LogP contribution in [0.5, 0.6) is 11.5 Å². The summed E-state index contributed by atoms with van der Waals surface area (Å²) in [5, 5.41) is 2.81. The Balaban J connectivity index is 1.48. The molecule has 1 N–H and O–H groups in total. The van der Waals surface area contributed by atoms with E-state index in [4.69, 9.17) is 9.47 Å². The predicted octanol–water partition coefficient (Wildman–Crippen LogP) is 3.62. The molecule has 7 heteroatoms. The van der Waals surface area contributed by atoms with Gasteiger partial charge in [0.15, 0.2) is 11.5 Å². The molecule has 4 rings (SSSR count). The van der Waals surface area contributed by atoms with Gasteiger partial charge in [0, 0.05) is 30.5 Å². The van der Waals surface area contributed by atoms with E-state index in [9.17, 15) is 4.79 Å². The largest absolute Gasteiger partial charge is 0.493 e. The van der Waals surface area contributed by atoms with Crippen LogP contribution < -0.4 is 19.7 Å². The lowest BCUT2D eigenvalue weighted by Crippen LogP contribution is -2.31. The van der Waals surface area contributed by atoms with Crippen molar-refractivity contribution < 1.29 is 14.3 Å². The van der Waals surface area contributed by atoms with E-state index in [0.29, 0.717) is 11.4 Å². The number of pyridine rings is 2. The highest BCUT2D eigenvalue weighted by Gasteiger charge is 2.23. The number of nitrogens with zero attached hydrogens (tertiary/aromatic N) is 3. The smallest absolute Gasteiger partial charge is 0.258 e. The maximum absolute atomic E-state index is 12.5. The Labute approximate surface area is 175 Å². The summed E-state index contributed by atoms with van der Waals surface area (Å²) >= 11 is 0. The average molecular weight is 404 g/mol. The van der Waals surface area contributed by atoms with Crippen LogP contribution >= 0.6 is 0 Å². The molecule has 3 heterocycles. The van der Waals surface area contributed by atoms with E-state index in [-0.39, 0.29) is 5.91 Å². The summed E-state index contributed by atoms with van der Waals surface area (Å²) in [5.41, 5.74) is 3.70. The molecule has 154 valence electrons. The SMILES string of the molecule is COc1ccc2c(c1OC)CCN(c1ccc(C(=O)Nc3cccc(C)n3)cn1)C2. The summed E-state index contributed by atoms with van der Waals surface area (Å²) in [6.07, 6.45) is 2.43. The van der Waals surface area contributed by atoms with Crippen molar-refractivity contribution in [1.29, 1.82) is 0 Å². The zero-order valence-corrected chi connectivity index (χ0v) is 17.3. The molecule has 0 saturated heterocycles. The molecule has 0 atom stereocenters. The van der Waals surface area contributed by atoms with E-state index < -0.39 is 0 Å². The van der Waals surface area contributed by atoms with Gasteiger partial charge < -0.3 is 19.7 Å². The molecule has 1 aromatic carbocycles. The number of rotatable bonds is 5. The number of fused-ring (bicyclic) bond motifs is 1. The molecule has 0 spiro atoms. The molecular formula is C23H24N4O3. The van der Waals surface area contributed by atoms with Crippen LogP contribution in [0.25, 0.3) is 0 Å². The summed E-state index contributed by atoms with van der Waals surface area (Å²) in [6.45, 7) is 3.41. The molecule has 7 nitrogen and oxygen atoms in total.